The Morgan fingerprint density at radius 3 is 2.33 bits per heavy atom. The Bertz CT molecular complexity index is 1590. The SMILES string of the molecule is COc1cncc(-c2ccc(OC)c(S(=O)(=O)Nc3cccc(NCCNC(=O)c4ccccc4OC)c3)c2)c1. The zero-order chi connectivity index (χ0) is 28.5. The number of carbonyl (C=O) groups is 1. The highest BCUT2D eigenvalue weighted by Gasteiger charge is 2.21. The van der Waals surface area contributed by atoms with Crippen molar-refractivity contribution in [2.24, 2.45) is 0 Å². The third kappa shape index (κ3) is 6.80. The van der Waals surface area contributed by atoms with E-state index in [4.69, 9.17) is 14.2 Å². The van der Waals surface area contributed by atoms with Crippen molar-refractivity contribution in [3.63, 3.8) is 0 Å². The molecule has 0 fully saturated rings. The van der Waals surface area contributed by atoms with Crippen LogP contribution in [0.15, 0.2) is 90.1 Å². The van der Waals surface area contributed by atoms with E-state index in [0.29, 0.717) is 52.7 Å². The van der Waals surface area contributed by atoms with Gasteiger partial charge in [-0.1, -0.05) is 24.3 Å². The minimum Gasteiger partial charge on any atom is -0.496 e. The molecule has 0 saturated heterocycles. The Balaban J connectivity index is 1.43. The van der Waals surface area contributed by atoms with Gasteiger partial charge in [-0.2, -0.15) is 0 Å². The summed E-state index contributed by atoms with van der Waals surface area (Å²) in [5, 5.41) is 6.02. The molecule has 1 aromatic heterocycles. The van der Waals surface area contributed by atoms with E-state index in [1.54, 1.807) is 79.1 Å². The first-order chi connectivity index (χ1) is 19.3. The van der Waals surface area contributed by atoms with Gasteiger partial charge in [0.1, 0.15) is 22.1 Å². The highest BCUT2D eigenvalue weighted by molar-refractivity contribution is 7.92. The standard InChI is InChI=1S/C29H30N4O6S/c1-37-24-15-21(18-30-19-24)20-11-12-27(39-3)28(16-20)40(35,36)33-23-8-6-7-22(17-23)31-13-14-32-29(34)25-9-4-5-10-26(25)38-2/h4-12,15-19,31,33H,13-14H2,1-3H3,(H,32,34). The Hall–Kier alpha value is -4.77. The third-order valence-electron chi connectivity index (χ3n) is 5.94. The van der Waals surface area contributed by atoms with Gasteiger partial charge >= 0.3 is 0 Å². The van der Waals surface area contributed by atoms with Gasteiger partial charge in [0.25, 0.3) is 15.9 Å². The first-order valence-corrected chi connectivity index (χ1v) is 13.8. The van der Waals surface area contributed by atoms with Crippen molar-refractivity contribution in [3.05, 3.63) is 90.8 Å². The van der Waals surface area contributed by atoms with E-state index < -0.39 is 10.0 Å². The van der Waals surface area contributed by atoms with Gasteiger partial charge in [0.05, 0.1) is 38.8 Å². The molecule has 4 rings (SSSR count). The Morgan fingerprint density at radius 2 is 1.55 bits per heavy atom. The summed E-state index contributed by atoms with van der Waals surface area (Å²) in [6.45, 7) is 0.761. The minimum absolute atomic E-state index is 0.0206. The molecule has 0 radical (unpaired) electrons. The quantitative estimate of drug-likeness (QED) is 0.217. The van der Waals surface area contributed by atoms with Crippen molar-refractivity contribution in [2.75, 3.05) is 44.5 Å². The smallest absolute Gasteiger partial charge is 0.265 e. The molecule has 0 unspecified atom stereocenters. The highest BCUT2D eigenvalue weighted by atomic mass is 32.2. The van der Waals surface area contributed by atoms with Crippen LogP contribution in [0.25, 0.3) is 11.1 Å². The average molecular weight is 563 g/mol. The van der Waals surface area contributed by atoms with Crippen LogP contribution in [0.5, 0.6) is 17.2 Å². The van der Waals surface area contributed by atoms with E-state index in [1.807, 2.05) is 0 Å². The molecule has 0 aliphatic carbocycles. The molecule has 0 spiro atoms. The van der Waals surface area contributed by atoms with Gasteiger partial charge in [0, 0.05) is 30.5 Å². The number of rotatable bonds is 12. The molecule has 0 bridgehead atoms. The summed E-state index contributed by atoms with van der Waals surface area (Å²) in [7, 11) is 0.450. The Kier molecular flexibility index (Phi) is 9.07. The van der Waals surface area contributed by atoms with E-state index >= 15 is 0 Å². The third-order valence-corrected chi connectivity index (χ3v) is 7.34. The van der Waals surface area contributed by atoms with E-state index in [0.717, 1.165) is 0 Å². The van der Waals surface area contributed by atoms with Crippen LogP contribution in [0, 0.1) is 0 Å². The number of methoxy groups -OCH3 is 3. The van der Waals surface area contributed by atoms with Crippen molar-refractivity contribution in [3.8, 4) is 28.4 Å². The van der Waals surface area contributed by atoms with Crippen molar-refractivity contribution in [1.82, 2.24) is 10.3 Å². The van der Waals surface area contributed by atoms with Crippen molar-refractivity contribution in [2.45, 2.75) is 4.90 Å². The second kappa shape index (κ2) is 12.9. The number of nitrogens with zero attached hydrogens (tertiary/aromatic N) is 1. The summed E-state index contributed by atoms with van der Waals surface area (Å²) in [5.41, 5.74) is 2.82. The molecular formula is C29H30N4O6S. The molecule has 0 aliphatic rings. The number of para-hydroxylation sites is 1. The molecule has 0 aliphatic heterocycles. The van der Waals surface area contributed by atoms with Crippen LogP contribution in [-0.4, -0.2) is 53.7 Å². The van der Waals surface area contributed by atoms with Crippen LogP contribution in [-0.2, 0) is 10.0 Å². The molecular weight excluding hydrogens is 532 g/mol. The van der Waals surface area contributed by atoms with Crippen molar-refractivity contribution >= 4 is 27.3 Å². The monoisotopic (exact) mass is 562 g/mol. The van der Waals surface area contributed by atoms with Gasteiger partial charge < -0.3 is 24.8 Å². The van der Waals surface area contributed by atoms with Crippen LogP contribution in [0.2, 0.25) is 0 Å². The van der Waals surface area contributed by atoms with E-state index in [1.165, 1.54) is 27.4 Å². The minimum atomic E-state index is -4.02. The number of aromatic nitrogens is 1. The number of nitrogens with one attached hydrogen (secondary N) is 3. The van der Waals surface area contributed by atoms with Gasteiger partial charge in [0.2, 0.25) is 0 Å². The molecule has 40 heavy (non-hydrogen) atoms. The number of ether oxygens (including phenoxy) is 3. The lowest BCUT2D eigenvalue weighted by Crippen LogP contribution is -2.29. The van der Waals surface area contributed by atoms with Gasteiger partial charge in [-0.15, -0.1) is 0 Å². The fourth-order valence-corrected chi connectivity index (χ4v) is 5.21. The van der Waals surface area contributed by atoms with Crippen LogP contribution in [0.3, 0.4) is 0 Å². The van der Waals surface area contributed by atoms with Gasteiger partial charge in [0.15, 0.2) is 0 Å². The van der Waals surface area contributed by atoms with Crippen LogP contribution < -0.4 is 29.6 Å². The van der Waals surface area contributed by atoms with Crippen molar-refractivity contribution < 1.29 is 27.4 Å². The molecule has 0 atom stereocenters. The normalized spacial score (nSPS) is 10.9. The predicted molar refractivity (Wildman–Crippen MR) is 154 cm³/mol. The molecule has 1 amide bonds. The molecule has 10 nitrogen and oxygen atoms in total. The van der Waals surface area contributed by atoms with Gasteiger partial charge in [-0.25, -0.2) is 8.42 Å². The second-order valence-corrected chi connectivity index (χ2v) is 10.2. The zero-order valence-corrected chi connectivity index (χ0v) is 23.1. The van der Waals surface area contributed by atoms with Crippen molar-refractivity contribution in [1.29, 1.82) is 0 Å². The molecule has 0 saturated carbocycles. The maximum absolute atomic E-state index is 13.4. The molecule has 11 heteroatoms. The van der Waals surface area contributed by atoms with E-state index in [9.17, 15) is 13.2 Å². The maximum atomic E-state index is 13.4. The Morgan fingerprint density at radius 1 is 0.775 bits per heavy atom. The second-order valence-electron chi connectivity index (χ2n) is 8.55. The zero-order valence-electron chi connectivity index (χ0n) is 22.3. The number of benzene rings is 3. The molecule has 3 N–H and O–H groups in total. The number of hydrogen-bond acceptors (Lipinski definition) is 8. The maximum Gasteiger partial charge on any atom is 0.265 e. The fraction of sp³-hybridized carbons (Fsp3) is 0.172. The first kappa shape index (κ1) is 28.2. The molecule has 208 valence electrons. The van der Waals surface area contributed by atoms with Crippen LogP contribution >= 0.6 is 0 Å². The lowest BCUT2D eigenvalue weighted by molar-refractivity contribution is 0.0952. The number of sulfonamides is 1. The van der Waals surface area contributed by atoms with E-state index in [-0.39, 0.29) is 16.6 Å². The average Bonchev–Trinajstić information content (AvgIpc) is 2.98. The Labute approximate surface area is 233 Å². The summed E-state index contributed by atoms with van der Waals surface area (Å²) < 4.78 is 45.3. The number of amides is 1. The number of hydrogen-bond donors (Lipinski definition) is 3. The number of anilines is 2. The summed E-state index contributed by atoms with van der Waals surface area (Å²) >= 11 is 0. The predicted octanol–water partition coefficient (Wildman–Crippen LogP) is 4.42. The highest BCUT2D eigenvalue weighted by Crippen LogP contribution is 2.32. The molecule has 3 aromatic carbocycles. The largest absolute Gasteiger partial charge is 0.496 e. The summed E-state index contributed by atoms with van der Waals surface area (Å²) in [6.07, 6.45) is 3.20. The van der Waals surface area contributed by atoms with Gasteiger partial charge in [-0.05, 0) is 54.1 Å². The lowest BCUT2D eigenvalue weighted by atomic mass is 10.1. The molecule has 4 aromatic rings. The van der Waals surface area contributed by atoms with Crippen LogP contribution in [0.1, 0.15) is 10.4 Å². The lowest BCUT2D eigenvalue weighted by Gasteiger charge is -2.15. The van der Waals surface area contributed by atoms with E-state index in [2.05, 4.69) is 20.3 Å². The summed E-state index contributed by atoms with van der Waals surface area (Å²) in [5.74, 6) is 1.00. The first-order valence-electron chi connectivity index (χ1n) is 12.3. The number of carbonyl (C=O) groups excluding carboxylic acids is 1. The number of pyridine rings is 1. The van der Waals surface area contributed by atoms with Gasteiger partial charge in [-0.3, -0.25) is 14.5 Å². The fourth-order valence-electron chi connectivity index (χ4n) is 3.97. The molecule has 1 heterocycles. The summed E-state index contributed by atoms with van der Waals surface area (Å²) in [6, 6.07) is 20.5. The summed E-state index contributed by atoms with van der Waals surface area (Å²) in [4.78, 5) is 16.6. The van der Waals surface area contributed by atoms with Crippen LogP contribution in [0.4, 0.5) is 11.4 Å². The topological polar surface area (TPSA) is 128 Å².